The van der Waals surface area contributed by atoms with E-state index in [4.69, 9.17) is 0 Å². The number of likely N-dealkylation sites (N-methyl/N-ethyl adjacent to an activating group) is 1. The number of carbonyl (C=O) groups excluding carboxylic acids is 1. The van der Waals surface area contributed by atoms with E-state index in [-0.39, 0.29) is 6.03 Å². The fourth-order valence-corrected chi connectivity index (χ4v) is 3.29. The summed E-state index contributed by atoms with van der Waals surface area (Å²) in [5.74, 6) is 0. The quantitative estimate of drug-likeness (QED) is 0.940. The molecule has 0 aliphatic carbocycles. The van der Waals surface area contributed by atoms with Crippen LogP contribution in [0.5, 0.6) is 0 Å². The molecule has 0 bridgehead atoms. The second kappa shape index (κ2) is 7.09. The zero-order valence-corrected chi connectivity index (χ0v) is 14.7. The van der Waals surface area contributed by atoms with Crippen LogP contribution >= 0.6 is 0 Å². The lowest BCUT2D eigenvalue weighted by atomic mass is 10.1. The highest BCUT2D eigenvalue weighted by atomic mass is 16.2. The minimum atomic E-state index is -0.00527. The van der Waals surface area contributed by atoms with E-state index in [1.54, 1.807) is 0 Å². The molecule has 24 heavy (non-hydrogen) atoms. The highest BCUT2D eigenvalue weighted by Gasteiger charge is 2.25. The Bertz CT molecular complexity index is 693. The Labute approximate surface area is 143 Å². The van der Waals surface area contributed by atoms with Crippen LogP contribution in [0.4, 0.5) is 10.5 Å². The molecule has 0 spiro atoms. The van der Waals surface area contributed by atoms with E-state index < -0.39 is 0 Å². The normalized spacial score (nSPS) is 18.0. The maximum absolute atomic E-state index is 12.7. The molecule has 5 nitrogen and oxygen atoms in total. The van der Waals surface area contributed by atoms with Gasteiger partial charge in [0.05, 0.1) is 0 Å². The van der Waals surface area contributed by atoms with Crippen molar-refractivity contribution in [2.45, 2.75) is 25.8 Å². The zero-order chi connectivity index (χ0) is 17.1. The van der Waals surface area contributed by atoms with Crippen LogP contribution in [0, 0.1) is 6.92 Å². The number of hydrogen-bond donors (Lipinski definition) is 1. The van der Waals surface area contributed by atoms with Crippen molar-refractivity contribution in [1.82, 2.24) is 14.4 Å². The second-order valence-corrected chi connectivity index (χ2v) is 6.68. The van der Waals surface area contributed by atoms with Gasteiger partial charge in [0.2, 0.25) is 0 Å². The number of piperidine rings is 1. The molecule has 0 unspecified atom stereocenters. The molecule has 1 aromatic heterocycles. The standard InChI is InChI=1S/C19H26N4O/c1-15-17(9-6-10-18(15)22-11-4-5-12-22)20-19(24)23-13-7-8-16(14-23)21(2)3/h4-6,9-12,16H,7-8,13-14H2,1-3H3,(H,20,24)/t16-/m1/s1. The molecule has 1 N–H and O–H groups in total. The summed E-state index contributed by atoms with van der Waals surface area (Å²) in [5.41, 5.74) is 3.03. The van der Waals surface area contributed by atoms with E-state index in [9.17, 15) is 4.79 Å². The van der Waals surface area contributed by atoms with Crippen LogP contribution in [0.1, 0.15) is 18.4 Å². The number of likely N-dealkylation sites (tertiary alicyclic amines) is 1. The van der Waals surface area contributed by atoms with Crippen LogP contribution < -0.4 is 5.32 Å². The predicted octanol–water partition coefficient (Wildman–Crippen LogP) is 3.34. The Balaban J connectivity index is 1.74. The van der Waals surface area contributed by atoms with Crippen LogP contribution in [0.2, 0.25) is 0 Å². The van der Waals surface area contributed by atoms with Gasteiger partial charge < -0.3 is 19.7 Å². The summed E-state index contributed by atoms with van der Waals surface area (Å²) < 4.78 is 2.06. The molecule has 1 aromatic carbocycles. The number of nitrogens with one attached hydrogen (secondary N) is 1. The summed E-state index contributed by atoms with van der Waals surface area (Å²) >= 11 is 0. The van der Waals surface area contributed by atoms with Gasteiger partial charge in [-0.25, -0.2) is 4.79 Å². The van der Waals surface area contributed by atoms with Gasteiger partial charge >= 0.3 is 6.03 Å². The molecule has 1 aliphatic rings. The van der Waals surface area contributed by atoms with E-state index in [2.05, 4.69) is 34.9 Å². The summed E-state index contributed by atoms with van der Waals surface area (Å²) in [6.07, 6.45) is 6.23. The Morgan fingerprint density at radius 2 is 1.96 bits per heavy atom. The molecule has 1 aliphatic heterocycles. The van der Waals surface area contributed by atoms with Crippen LogP contribution in [0.25, 0.3) is 5.69 Å². The molecule has 1 saturated heterocycles. The summed E-state index contributed by atoms with van der Waals surface area (Å²) in [7, 11) is 4.16. The summed E-state index contributed by atoms with van der Waals surface area (Å²) in [6, 6.07) is 10.4. The number of carbonyl (C=O) groups is 1. The number of anilines is 1. The maximum Gasteiger partial charge on any atom is 0.321 e. The third-order valence-electron chi connectivity index (χ3n) is 4.84. The molecule has 0 saturated carbocycles. The van der Waals surface area contributed by atoms with E-state index in [0.29, 0.717) is 6.04 Å². The van der Waals surface area contributed by atoms with E-state index >= 15 is 0 Å². The smallest absolute Gasteiger partial charge is 0.321 e. The molecule has 2 amide bonds. The second-order valence-electron chi connectivity index (χ2n) is 6.68. The topological polar surface area (TPSA) is 40.5 Å². The number of nitrogens with zero attached hydrogens (tertiary/aromatic N) is 3. The highest BCUT2D eigenvalue weighted by molar-refractivity contribution is 5.90. The van der Waals surface area contributed by atoms with Gasteiger partial charge in [-0.2, -0.15) is 0 Å². The van der Waals surface area contributed by atoms with Gasteiger partial charge in [-0.3, -0.25) is 0 Å². The van der Waals surface area contributed by atoms with Crippen molar-refractivity contribution in [1.29, 1.82) is 0 Å². The van der Waals surface area contributed by atoms with Crippen molar-refractivity contribution in [3.63, 3.8) is 0 Å². The lowest BCUT2D eigenvalue weighted by Crippen LogP contribution is -2.48. The third kappa shape index (κ3) is 3.46. The highest BCUT2D eigenvalue weighted by Crippen LogP contribution is 2.23. The Morgan fingerprint density at radius 3 is 2.67 bits per heavy atom. The van der Waals surface area contributed by atoms with Crippen molar-refractivity contribution < 1.29 is 4.79 Å². The van der Waals surface area contributed by atoms with Gasteiger partial charge in [0, 0.05) is 42.9 Å². The van der Waals surface area contributed by atoms with Gasteiger partial charge in [0.1, 0.15) is 0 Å². The molecule has 1 atom stereocenters. The molecule has 2 heterocycles. The van der Waals surface area contributed by atoms with Crippen molar-refractivity contribution in [3.8, 4) is 5.69 Å². The molecular weight excluding hydrogens is 300 g/mol. The molecule has 5 heteroatoms. The number of amides is 2. The maximum atomic E-state index is 12.7. The van der Waals surface area contributed by atoms with Crippen LogP contribution in [-0.2, 0) is 0 Å². The number of hydrogen-bond acceptors (Lipinski definition) is 2. The minimum Gasteiger partial charge on any atom is -0.324 e. The van der Waals surface area contributed by atoms with Crippen LogP contribution in [-0.4, -0.2) is 53.6 Å². The van der Waals surface area contributed by atoms with Gasteiger partial charge in [-0.15, -0.1) is 0 Å². The van der Waals surface area contributed by atoms with Crippen molar-refractivity contribution in [3.05, 3.63) is 48.3 Å². The lowest BCUT2D eigenvalue weighted by molar-refractivity contribution is 0.148. The third-order valence-corrected chi connectivity index (χ3v) is 4.84. The van der Waals surface area contributed by atoms with Crippen molar-refractivity contribution >= 4 is 11.7 Å². The zero-order valence-electron chi connectivity index (χ0n) is 14.7. The van der Waals surface area contributed by atoms with Crippen LogP contribution in [0.3, 0.4) is 0 Å². The lowest BCUT2D eigenvalue weighted by Gasteiger charge is -2.36. The molecule has 3 rings (SSSR count). The van der Waals surface area contributed by atoms with Crippen molar-refractivity contribution in [2.75, 3.05) is 32.5 Å². The Kier molecular flexibility index (Phi) is 4.90. The van der Waals surface area contributed by atoms with Crippen molar-refractivity contribution in [2.24, 2.45) is 0 Å². The average Bonchev–Trinajstić information content (AvgIpc) is 3.11. The number of rotatable bonds is 3. The van der Waals surface area contributed by atoms with Gasteiger partial charge in [-0.1, -0.05) is 6.07 Å². The van der Waals surface area contributed by atoms with E-state index in [1.165, 1.54) is 0 Å². The Hall–Kier alpha value is -2.27. The average molecular weight is 326 g/mol. The first-order valence-electron chi connectivity index (χ1n) is 8.51. The summed E-state index contributed by atoms with van der Waals surface area (Å²) in [4.78, 5) is 16.8. The van der Waals surface area contributed by atoms with Gasteiger partial charge in [-0.05, 0) is 63.7 Å². The van der Waals surface area contributed by atoms with E-state index in [0.717, 1.165) is 42.9 Å². The SMILES string of the molecule is Cc1c(NC(=O)N2CCC[C@@H](N(C)C)C2)cccc1-n1cccc1. The fraction of sp³-hybridized carbons (Fsp3) is 0.421. The first-order valence-corrected chi connectivity index (χ1v) is 8.51. The molecule has 2 aromatic rings. The molecule has 1 fully saturated rings. The number of urea groups is 1. The Morgan fingerprint density at radius 1 is 1.21 bits per heavy atom. The monoisotopic (exact) mass is 326 g/mol. The van der Waals surface area contributed by atoms with Gasteiger partial charge in [0.15, 0.2) is 0 Å². The predicted molar refractivity (Wildman–Crippen MR) is 97.8 cm³/mol. The number of aromatic nitrogens is 1. The first kappa shape index (κ1) is 16.6. The van der Waals surface area contributed by atoms with Gasteiger partial charge in [0.25, 0.3) is 0 Å². The summed E-state index contributed by atoms with van der Waals surface area (Å²) in [6.45, 7) is 3.66. The molecule has 0 radical (unpaired) electrons. The van der Waals surface area contributed by atoms with E-state index in [1.807, 2.05) is 48.5 Å². The number of benzene rings is 1. The first-order chi connectivity index (χ1) is 11.6. The van der Waals surface area contributed by atoms with Crippen LogP contribution in [0.15, 0.2) is 42.7 Å². The molecule has 128 valence electrons. The largest absolute Gasteiger partial charge is 0.324 e. The fourth-order valence-electron chi connectivity index (χ4n) is 3.29. The molecular formula is C19H26N4O. The summed E-state index contributed by atoms with van der Waals surface area (Å²) in [5, 5.41) is 3.10. The minimum absolute atomic E-state index is 0.00527.